The maximum Gasteiger partial charge on any atom is 0.325 e. The number of hydrogen-bond acceptors (Lipinski definition) is 4. The summed E-state index contributed by atoms with van der Waals surface area (Å²) in [6.45, 7) is 5.25. The van der Waals surface area contributed by atoms with Crippen molar-refractivity contribution in [1.82, 2.24) is 5.32 Å². The van der Waals surface area contributed by atoms with Gasteiger partial charge in [0.2, 0.25) is 0 Å². The van der Waals surface area contributed by atoms with E-state index in [1.165, 1.54) is 26.2 Å². The Kier molecular flexibility index (Phi) is 5.58. The molecule has 0 aliphatic carbocycles. The van der Waals surface area contributed by atoms with Crippen molar-refractivity contribution in [1.29, 1.82) is 0 Å². The fourth-order valence-corrected chi connectivity index (χ4v) is 1.42. The van der Waals surface area contributed by atoms with Crippen LogP contribution in [0.5, 0.6) is 11.5 Å². The molecule has 0 aromatic heterocycles. The largest absolute Gasteiger partial charge is 0.493 e. The van der Waals surface area contributed by atoms with Crippen LogP contribution in [0.1, 0.15) is 17.3 Å². The number of rotatable bonds is 7. The standard InChI is InChI=1S/C14H17NO5/c1-4-7-20-11-6-5-10(8-12(11)19-3)13(16)15-9(2)14(17)18/h4-6,8-9H,1,7H2,2-3H3,(H,15,16)(H,17,18)/t9-/m0/s1. The highest BCUT2D eigenvalue weighted by Crippen LogP contribution is 2.28. The van der Waals surface area contributed by atoms with Crippen molar-refractivity contribution in [2.24, 2.45) is 0 Å². The van der Waals surface area contributed by atoms with E-state index in [1.54, 1.807) is 12.1 Å². The molecule has 1 rings (SSSR count). The summed E-state index contributed by atoms with van der Waals surface area (Å²) in [5.74, 6) is -0.720. The number of amides is 1. The smallest absolute Gasteiger partial charge is 0.325 e. The molecule has 1 aromatic rings. The molecule has 0 bridgehead atoms. The number of benzene rings is 1. The molecular formula is C14H17NO5. The van der Waals surface area contributed by atoms with Gasteiger partial charge in [-0.2, -0.15) is 0 Å². The highest BCUT2D eigenvalue weighted by molar-refractivity contribution is 5.97. The molecule has 0 saturated heterocycles. The third-order valence-electron chi connectivity index (χ3n) is 2.50. The zero-order chi connectivity index (χ0) is 15.1. The third kappa shape index (κ3) is 4.01. The summed E-state index contributed by atoms with van der Waals surface area (Å²) >= 11 is 0. The van der Waals surface area contributed by atoms with Crippen molar-refractivity contribution in [3.05, 3.63) is 36.4 Å². The lowest BCUT2D eigenvalue weighted by molar-refractivity contribution is -0.138. The Labute approximate surface area is 117 Å². The van der Waals surface area contributed by atoms with Gasteiger partial charge in [0.1, 0.15) is 12.6 Å². The van der Waals surface area contributed by atoms with Gasteiger partial charge in [-0.05, 0) is 25.1 Å². The Hall–Kier alpha value is -2.50. The minimum atomic E-state index is -1.10. The Bertz CT molecular complexity index is 512. The molecule has 0 radical (unpaired) electrons. The van der Waals surface area contributed by atoms with Gasteiger partial charge in [-0.1, -0.05) is 12.7 Å². The van der Waals surface area contributed by atoms with Gasteiger partial charge in [0.25, 0.3) is 5.91 Å². The summed E-state index contributed by atoms with van der Waals surface area (Å²) in [5.41, 5.74) is 0.293. The minimum absolute atomic E-state index is 0.293. The molecule has 108 valence electrons. The van der Waals surface area contributed by atoms with E-state index in [0.29, 0.717) is 23.7 Å². The van der Waals surface area contributed by atoms with Crippen molar-refractivity contribution >= 4 is 11.9 Å². The van der Waals surface area contributed by atoms with Gasteiger partial charge in [0, 0.05) is 5.56 Å². The Morgan fingerprint density at radius 1 is 1.45 bits per heavy atom. The summed E-state index contributed by atoms with van der Waals surface area (Å²) in [4.78, 5) is 22.6. The molecule has 0 saturated carbocycles. The molecule has 0 aliphatic rings. The van der Waals surface area contributed by atoms with E-state index in [1.807, 2.05) is 0 Å². The van der Waals surface area contributed by atoms with Crippen LogP contribution in [0.2, 0.25) is 0 Å². The second-order valence-electron chi connectivity index (χ2n) is 4.00. The molecule has 6 nitrogen and oxygen atoms in total. The normalized spacial score (nSPS) is 11.3. The fraction of sp³-hybridized carbons (Fsp3) is 0.286. The molecular weight excluding hydrogens is 262 g/mol. The maximum absolute atomic E-state index is 11.9. The molecule has 2 N–H and O–H groups in total. The van der Waals surface area contributed by atoms with E-state index >= 15 is 0 Å². The molecule has 6 heteroatoms. The van der Waals surface area contributed by atoms with Crippen LogP contribution in [0.15, 0.2) is 30.9 Å². The lowest BCUT2D eigenvalue weighted by Gasteiger charge is -2.12. The van der Waals surface area contributed by atoms with E-state index in [-0.39, 0.29) is 0 Å². The van der Waals surface area contributed by atoms with E-state index in [2.05, 4.69) is 11.9 Å². The Morgan fingerprint density at radius 3 is 2.70 bits per heavy atom. The molecule has 1 atom stereocenters. The van der Waals surface area contributed by atoms with Crippen LogP contribution < -0.4 is 14.8 Å². The average molecular weight is 279 g/mol. The number of nitrogens with one attached hydrogen (secondary N) is 1. The number of ether oxygens (including phenoxy) is 2. The minimum Gasteiger partial charge on any atom is -0.493 e. The van der Waals surface area contributed by atoms with Gasteiger partial charge in [-0.3, -0.25) is 9.59 Å². The summed E-state index contributed by atoms with van der Waals surface area (Å²) in [6, 6.07) is 3.64. The SMILES string of the molecule is C=CCOc1ccc(C(=O)N[C@@H](C)C(=O)O)cc1OC. The first-order valence-electron chi connectivity index (χ1n) is 5.95. The molecule has 1 amide bonds. The van der Waals surface area contributed by atoms with Gasteiger partial charge >= 0.3 is 5.97 Å². The zero-order valence-corrected chi connectivity index (χ0v) is 11.4. The number of methoxy groups -OCH3 is 1. The van der Waals surface area contributed by atoms with Gasteiger partial charge in [-0.25, -0.2) is 0 Å². The van der Waals surface area contributed by atoms with Gasteiger partial charge < -0.3 is 19.9 Å². The number of carbonyl (C=O) groups excluding carboxylic acids is 1. The van der Waals surface area contributed by atoms with Crippen molar-refractivity contribution in [3.8, 4) is 11.5 Å². The van der Waals surface area contributed by atoms with Gasteiger partial charge in [0.15, 0.2) is 11.5 Å². The van der Waals surface area contributed by atoms with E-state index in [9.17, 15) is 9.59 Å². The monoisotopic (exact) mass is 279 g/mol. The Balaban J connectivity index is 2.88. The number of carboxylic acids is 1. The summed E-state index contributed by atoms with van der Waals surface area (Å²) in [5, 5.41) is 11.1. The lowest BCUT2D eigenvalue weighted by atomic mass is 10.1. The second kappa shape index (κ2) is 7.18. The summed E-state index contributed by atoms with van der Waals surface area (Å²) in [7, 11) is 1.46. The number of hydrogen-bond donors (Lipinski definition) is 2. The van der Waals surface area contributed by atoms with E-state index in [0.717, 1.165) is 0 Å². The van der Waals surface area contributed by atoms with Crippen molar-refractivity contribution in [2.45, 2.75) is 13.0 Å². The van der Waals surface area contributed by atoms with Crippen molar-refractivity contribution in [3.63, 3.8) is 0 Å². The zero-order valence-electron chi connectivity index (χ0n) is 11.4. The van der Waals surface area contributed by atoms with Crippen molar-refractivity contribution in [2.75, 3.05) is 13.7 Å². The van der Waals surface area contributed by atoms with Crippen LogP contribution in [0, 0.1) is 0 Å². The quantitative estimate of drug-likeness (QED) is 0.738. The fourth-order valence-electron chi connectivity index (χ4n) is 1.42. The van der Waals surface area contributed by atoms with E-state index in [4.69, 9.17) is 14.6 Å². The predicted octanol–water partition coefficient (Wildman–Crippen LogP) is 1.46. The molecule has 0 fully saturated rings. The molecule has 20 heavy (non-hydrogen) atoms. The van der Waals surface area contributed by atoms with Crippen LogP contribution in [0.25, 0.3) is 0 Å². The van der Waals surface area contributed by atoms with Crippen molar-refractivity contribution < 1.29 is 24.2 Å². The highest BCUT2D eigenvalue weighted by Gasteiger charge is 2.16. The summed E-state index contributed by atoms with van der Waals surface area (Å²) < 4.78 is 10.5. The molecule has 0 heterocycles. The van der Waals surface area contributed by atoms with Crippen LogP contribution in [-0.4, -0.2) is 36.7 Å². The average Bonchev–Trinajstić information content (AvgIpc) is 2.44. The van der Waals surface area contributed by atoms with Crippen LogP contribution in [0.3, 0.4) is 0 Å². The van der Waals surface area contributed by atoms with Gasteiger partial charge in [-0.15, -0.1) is 0 Å². The van der Waals surface area contributed by atoms with Crippen LogP contribution in [0.4, 0.5) is 0 Å². The van der Waals surface area contributed by atoms with E-state index < -0.39 is 17.9 Å². The van der Waals surface area contributed by atoms with Gasteiger partial charge in [0.05, 0.1) is 7.11 Å². The predicted molar refractivity (Wildman–Crippen MR) is 73.3 cm³/mol. The van der Waals surface area contributed by atoms with Crippen LogP contribution in [-0.2, 0) is 4.79 Å². The first kappa shape index (κ1) is 15.6. The topological polar surface area (TPSA) is 84.9 Å². The number of carbonyl (C=O) groups is 2. The third-order valence-corrected chi connectivity index (χ3v) is 2.50. The first-order valence-corrected chi connectivity index (χ1v) is 5.95. The number of carboxylic acid groups (broad SMARTS) is 1. The maximum atomic E-state index is 11.9. The second-order valence-corrected chi connectivity index (χ2v) is 4.00. The Morgan fingerprint density at radius 2 is 2.15 bits per heavy atom. The highest BCUT2D eigenvalue weighted by atomic mass is 16.5. The molecule has 0 aliphatic heterocycles. The summed E-state index contributed by atoms with van der Waals surface area (Å²) in [6.07, 6.45) is 1.59. The molecule has 1 aromatic carbocycles. The molecule has 0 spiro atoms. The molecule has 0 unspecified atom stereocenters. The number of aliphatic carboxylic acids is 1. The first-order chi connectivity index (χ1) is 9.49. The van der Waals surface area contributed by atoms with Crippen LogP contribution >= 0.6 is 0 Å². The lowest BCUT2D eigenvalue weighted by Crippen LogP contribution is -2.38.